The summed E-state index contributed by atoms with van der Waals surface area (Å²) in [6, 6.07) is 17.5. The van der Waals surface area contributed by atoms with Crippen LogP contribution in [0.2, 0.25) is 0 Å². The summed E-state index contributed by atoms with van der Waals surface area (Å²) >= 11 is 0. The summed E-state index contributed by atoms with van der Waals surface area (Å²) in [5.41, 5.74) is 0.0641. The van der Waals surface area contributed by atoms with Crippen molar-refractivity contribution < 1.29 is 18.9 Å². The van der Waals surface area contributed by atoms with Crippen molar-refractivity contribution >= 4 is 22.1 Å². The van der Waals surface area contributed by atoms with Crippen molar-refractivity contribution in [3.8, 4) is 23.0 Å². The number of methoxy groups -OCH3 is 2. The fraction of sp³-hybridized carbons (Fsp3) is 0.143. The van der Waals surface area contributed by atoms with Gasteiger partial charge in [-0.3, -0.25) is 9.59 Å². The molecule has 0 bridgehead atoms. The Morgan fingerprint density at radius 1 is 0.619 bits per heavy atom. The number of aromatic amines is 2. The monoisotopic (exact) mass is 568 g/mol. The Labute approximate surface area is 237 Å². The van der Waals surface area contributed by atoms with Crippen LogP contribution in [0.3, 0.4) is 0 Å². The Bertz CT molecular complexity index is 1800. The van der Waals surface area contributed by atoms with Gasteiger partial charge >= 0.3 is 0 Å². The number of aromatic nitrogens is 8. The van der Waals surface area contributed by atoms with Gasteiger partial charge in [0.15, 0.2) is 11.3 Å². The number of ether oxygens (including phenoxy) is 4. The number of nitrogens with zero attached hydrogens (tertiary/aromatic N) is 6. The highest BCUT2D eigenvalue weighted by Crippen LogP contribution is 2.20. The number of fused-ring (bicyclic) bond motifs is 2. The van der Waals surface area contributed by atoms with E-state index in [1.807, 2.05) is 24.3 Å². The van der Waals surface area contributed by atoms with Gasteiger partial charge in [0.2, 0.25) is 0 Å². The van der Waals surface area contributed by atoms with Crippen LogP contribution >= 0.6 is 0 Å². The largest absolute Gasteiger partial charge is 0.497 e. The van der Waals surface area contributed by atoms with Gasteiger partial charge < -0.3 is 28.9 Å². The first-order chi connectivity index (χ1) is 20.5. The molecule has 2 aromatic carbocycles. The maximum Gasteiger partial charge on any atom is 0.260 e. The maximum absolute atomic E-state index is 11.9. The smallest absolute Gasteiger partial charge is 0.260 e. The van der Waals surface area contributed by atoms with Crippen molar-refractivity contribution in [3.05, 3.63) is 105 Å². The van der Waals surface area contributed by atoms with E-state index in [1.165, 1.54) is 12.4 Å². The minimum absolute atomic E-state index is 0.120. The molecule has 14 nitrogen and oxygen atoms in total. The second kappa shape index (κ2) is 13.0. The van der Waals surface area contributed by atoms with E-state index in [0.717, 1.165) is 0 Å². The van der Waals surface area contributed by atoms with Crippen LogP contribution in [0, 0.1) is 0 Å². The normalized spacial score (nSPS) is 10.5. The van der Waals surface area contributed by atoms with Crippen LogP contribution in [-0.2, 0) is 13.2 Å². The molecule has 0 aliphatic heterocycles. The van der Waals surface area contributed by atoms with E-state index in [4.69, 9.17) is 18.9 Å². The quantitative estimate of drug-likeness (QED) is 0.274. The predicted molar refractivity (Wildman–Crippen MR) is 151 cm³/mol. The lowest BCUT2D eigenvalue weighted by molar-refractivity contribution is 0.293. The molecule has 4 heterocycles. The van der Waals surface area contributed by atoms with E-state index in [9.17, 15) is 9.59 Å². The second-order valence-electron chi connectivity index (χ2n) is 8.50. The third-order valence-corrected chi connectivity index (χ3v) is 5.72. The van der Waals surface area contributed by atoms with Crippen molar-refractivity contribution in [2.24, 2.45) is 0 Å². The van der Waals surface area contributed by atoms with Crippen molar-refractivity contribution in [2.75, 3.05) is 14.2 Å². The van der Waals surface area contributed by atoms with E-state index in [1.54, 1.807) is 50.6 Å². The fourth-order valence-corrected chi connectivity index (χ4v) is 3.70. The molecule has 6 aromatic rings. The Morgan fingerprint density at radius 3 is 1.48 bits per heavy atom. The average Bonchev–Trinajstić information content (AvgIpc) is 3.03. The number of H-pyrrole nitrogens is 2. The minimum Gasteiger partial charge on any atom is -0.497 e. The highest BCUT2D eigenvalue weighted by atomic mass is 16.5. The molecule has 0 fully saturated rings. The molecule has 0 atom stereocenters. The molecular weight excluding hydrogens is 544 g/mol. The number of hydrogen-bond donors (Lipinski definition) is 2. The molecule has 0 saturated heterocycles. The average molecular weight is 569 g/mol. The van der Waals surface area contributed by atoms with Crippen molar-refractivity contribution in [3.63, 3.8) is 0 Å². The van der Waals surface area contributed by atoms with E-state index in [2.05, 4.69) is 40.3 Å². The van der Waals surface area contributed by atoms with Gasteiger partial charge in [0.1, 0.15) is 47.9 Å². The topological polar surface area (TPSA) is 180 Å². The summed E-state index contributed by atoms with van der Waals surface area (Å²) < 4.78 is 21.4. The van der Waals surface area contributed by atoms with E-state index < -0.39 is 0 Å². The zero-order valence-corrected chi connectivity index (χ0v) is 22.5. The van der Waals surface area contributed by atoms with Gasteiger partial charge in [0.25, 0.3) is 11.1 Å². The van der Waals surface area contributed by atoms with Gasteiger partial charge in [-0.1, -0.05) is 12.1 Å². The predicted octanol–water partition coefficient (Wildman–Crippen LogP) is 2.60. The Hall–Kier alpha value is -5.92. The first-order valence-corrected chi connectivity index (χ1v) is 12.5. The molecule has 4 aromatic heterocycles. The molecule has 0 radical (unpaired) electrons. The number of rotatable bonds is 8. The van der Waals surface area contributed by atoms with Gasteiger partial charge in [-0.05, 0) is 36.4 Å². The van der Waals surface area contributed by atoms with Crippen LogP contribution in [0.25, 0.3) is 22.1 Å². The van der Waals surface area contributed by atoms with Gasteiger partial charge in [-0.15, -0.1) is 10.2 Å². The Balaban J connectivity index is 0.000000168. The van der Waals surface area contributed by atoms with Crippen LogP contribution in [0.1, 0.15) is 11.6 Å². The lowest BCUT2D eigenvalue weighted by Gasteiger charge is -2.07. The molecule has 0 spiro atoms. The summed E-state index contributed by atoms with van der Waals surface area (Å²) in [5, 5.41) is 15.9. The first kappa shape index (κ1) is 27.6. The molecule has 0 saturated carbocycles. The highest BCUT2D eigenvalue weighted by molar-refractivity contribution is 5.72. The molecule has 0 unspecified atom stereocenters. The lowest BCUT2D eigenvalue weighted by Crippen LogP contribution is -2.14. The summed E-state index contributed by atoms with van der Waals surface area (Å²) in [5.74, 6) is 3.40. The third kappa shape index (κ3) is 6.80. The first-order valence-electron chi connectivity index (χ1n) is 12.5. The minimum atomic E-state index is -0.265. The van der Waals surface area contributed by atoms with E-state index in [-0.39, 0.29) is 24.3 Å². The third-order valence-electron chi connectivity index (χ3n) is 5.72. The summed E-state index contributed by atoms with van der Waals surface area (Å²) in [7, 11) is 3.17. The number of nitrogens with one attached hydrogen (secondary N) is 2. The van der Waals surface area contributed by atoms with Crippen LogP contribution in [0.5, 0.6) is 23.0 Å². The summed E-state index contributed by atoms with van der Waals surface area (Å²) in [6.07, 6.45) is 2.90. The fourth-order valence-electron chi connectivity index (χ4n) is 3.70. The van der Waals surface area contributed by atoms with E-state index >= 15 is 0 Å². The molecule has 14 heteroatoms. The zero-order chi connectivity index (χ0) is 29.3. The van der Waals surface area contributed by atoms with Gasteiger partial charge in [0, 0.05) is 12.1 Å². The SMILES string of the molecule is COc1cccc(OCc2nc3nnccc3c(=O)[nH]2)c1.COc1cccc(OCc2nc3nnccc3c(=O)[nH]2)c1. The molecule has 2 N–H and O–H groups in total. The van der Waals surface area contributed by atoms with Gasteiger partial charge in [-0.25, -0.2) is 9.97 Å². The van der Waals surface area contributed by atoms with Crippen LogP contribution in [0.15, 0.2) is 82.6 Å². The van der Waals surface area contributed by atoms with Crippen LogP contribution in [-0.4, -0.2) is 54.6 Å². The summed E-state index contributed by atoms with van der Waals surface area (Å²) in [6.45, 7) is 0.240. The van der Waals surface area contributed by atoms with Crippen LogP contribution in [0.4, 0.5) is 0 Å². The molecule has 0 amide bonds. The molecule has 6 rings (SSSR count). The van der Waals surface area contributed by atoms with Crippen LogP contribution < -0.4 is 30.1 Å². The van der Waals surface area contributed by atoms with Crippen molar-refractivity contribution in [1.82, 2.24) is 40.3 Å². The van der Waals surface area contributed by atoms with Crippen molar-refractivity contribution in [2.45, 2.75) is 13.2 Å². The molecular formula is C28H24N8O6. The second-order valence-corrected chi connectivity index (χ2v) is 8.50. The molecule has 0 aliphatic rings. The highest BCUT2D eigenvalue weighted by Gasteiger charge is 2.07. The maximum atomic E-state index is 11.9. The van der Waals surface area contributed by atoms with Crippen molar-refractivity contribution in [1.29, 1.82) is 0 Å². The standard InChI is InChI=1S/2C14H12N4O3/c2*1-20-9-3-2-4-10(7-9)21-8-12-16-13-11(14(19)17-12)5-6-15-18-13/h2*2-7H,8H2,1H3,(H,16,17,18,19). The van der Waals surface area contributed by atoms with E-state index in [0.29, 0.717) is 56.7 Å². The molecule has 0 aliphatic carbocycles. The number of benzene rings is 2. The molecule has 42 heavy (non-hydrogen) atoms. The zero-order valence-electron chi connectivity index (χ0n) is 22.5. The lowest BCUT2D eigenvalue weighted by atomic mass is 10.3. The number of hydrogen-bond acceptors (Lipinski definition) is 12. The van der Waals surface area contributed by atoms with Gasteiger partial charge in [-0.2, -0.15) is 10.2 Å². The summed E-state index contributed by atoms with van der Waals surface area (Å²) in [4.78, 5) is 37.5. The molecule has 212 valence electrons. The van der Waals surface area contributed by atoms with Gasteiger partial charge in [0.05, 0.1) is 37.4 Å². The Kier molecular flexibility index (Phi) is 8.53. The Morgan fingerprint density at radius 2 is 1.05 bits per heavy atom.